The van der Waals surface area contributed by atoms with Crippen molar-refractivity contribution >= 4 is 12.0 Å². The minimum Gasteiger partial charge on any atom is -0.481 e. The van der Waals surface area contributed by atoms with Crippen molar-refractivity contribution in [3.8, 4) is 0 Å². The second-order valence-electron chi connectivity index (χ2n) is 5.44. The number of nitrogens with zero attached hydrogens (tertiary/aromatic N) is 2. The van der Waals surface area contributed by atoms with Crippen LogP contribution in [0.3, 0.4) is 0 Å². The minimum absolute atomic E-state index is 0.0644. The van der Waals surface area contributed by atoms with E-state index >= 15 is 0 Å². The molecule has 2 N–H and O–H groups in total. The number of amides is 2. The topological polar surface area (TPSA) is 82.1 Å². The number of carbonyl (C=O) groups is 2. The average molecular weight is 287 g/mol. The van der Waals surface area contributed by atoms with Gasteiger partial charge in [-0.15, -0.1) is 0 Å². The molecule has 1 rings (SSSR count). The standard InChI is InChI=1S/C13H25N3O4/c1-10(12(17)18)11-8-16(9-11)13(19)14-4-6-20-7-5-15(2)3/h10-11H,4-9H2,1-3H3,(H,14,19)(H,17,18). The largest absolute Gasteiger partial charge is 0.481 e. The van der Waals surface area contributed by atoms with Gasteiger partial charge >= 0.3 is 12.0 Å². The lowest BCUT2D eigenvalue weighted by atomic mass is 9.87. The van der Waals surface area contributed by atoms with Gasteiger partial charge in [0.25, 0.3) is 0 Å². The first kappa shape index (κ1) is 16.7. The van der Waals surface area contributed by atoms with Crippen LogP contribution < -0.4 is 5.32 Å². The highest BCUT2D eigenvalue weighted by Gasteiger charge is 2.36. The van der Waals surface area contributed by atoms with Crippen molar-refractivity contribution in [1.29, 1.82) is 0 Å². The van der Waals surface area contributed by atoms with Gasteiger partial charge in [-0.1, -0.05) is 6.92 Å². The Bertz CT molecular complexity index is 330. The molecular weight excluding hydrogens is 262 g/mol. The van der Waals surface area contributed by atoms with Crippen LogP contribution in [0.25, 0.3) is 0 Å². The summed E-state index contributed by atoms with van der Waals surface area (Å²) in [6.07, 6.45) is 0. The summed E-state index contributed by atoms with van der Waals surface area (Å²) in [5, 5.41) is 11.6. The highest BCUT2D eigenvalue weighted by Crippen LogP contribution is 2.23. The molecule has 0 radical (unpaired) electrons. The number of aliphatic carboxylic acids is 1. The van der Waals surface area contributed by atoms with Crippen LogP contribution in [-0.2, 0) is 9.53 Å². The van der Waals surface area contributed by atoms with Gasteiger partial charge in [0.15, 0.2) is 0 Å². The molecule has 1 fully saturated rings. The van der Waals surface area contributed by atoms with E-state index < -0.39 is 11.9 Å². The Morgan fingerprint density at radius 2 is 2.05 bits per heavy atom. The van der Waals surface area contributed by atoms with Crippen molar-refractivity contribution in [2.24, 2.45) is 11.8 Å². The molecule has 1 unspecified atom stereocenters. The van der Waals surface area contributed by atoms with E-state index in [0.29, 0.717) is 32.8 Å². The van der Waals surface area contributed by atoms with Crippen LogP contribution in [-0.4, -0.2) is 80.4 Å². The van der Waals surface area contributed by atoms with Crippen molar-refractivity contribution < 1.29 is 19.4 Å². The Hall–Kier alpha value is -1.34. The zero-order chi connectivity index (χ0) is 15.1. The van der Waals surface area contributed by atoms with Gasteiger partial charge in [0, 0.05) is 32.1 Å². The number of urea groups is 1. The van der Waals surface area contributed by atoms with Crippen molar-refractivity contribution in [3.63, 3.8) is 0 Å². The molecule has 0 aliphatic carbocycles. The molecule has 1 atom stereocenters. The summed E-state index contributed by atoms with van der Waals surface area (Å²) in [4.78, 5) is 26.2. The van der Waals surface area contributed by atoms with E-state index in [1.54, 1.807) is 11.8 Å². The van der Waals surface area contributed by atoms with Crippen molar-refractivity contribution in [1.82, 2.24) is 15.1 Å². The minimum atomic E-state index is -0.802. The Morgan fingerprint density at radius 1 is 1.40 bits per heavy atom. The summed E-state index contributed by atoms with van der Waals surface area (Å²) in [5.41, 5.74) is 0. The predicted octanol–water partition coefficient (Wildman–Crippen LogP) is -0.0733. The quantitative estimate of drug-likeness (QED) is 0.611. The van der Waals surface area contributed by atoms with Crippen molar-refractivity contribution in [2.75, 3.05) is 53.5 Å². The molecule has 1 heterocycles. The summed E-state index contributed by atoms with van der Waals surface area (Å²) in [6, 6.07) is -0.143. The van der Waals surface area contributed by atoms with Crippen LogP contribution in [0.4, 0.5) is 4.79 Å². The van der Waals surface area contributed by atoms with Gasteiger partial charge in [0.1, 0.15) is 0 Å². The smallest absolute Gasteiger partial charge is 0.317 e. The fourth-order valence-corrected chi connectivity index (χ4v) is 1.89. The molecule has 0 saturated carbocycles. The molecular formula is C13H25N3O4. The summed E-state index contributed by atoms with van der Waals surface area (Å²) >= 11 is 0. The second kappa shape index (κ2) is 8.06. The average Bonchev–Trinajstić information content (AvgIpc) is 2.31. The van der Waals surface area contributed by atoms with Gasteiger partial charge in [-0.2, -0.15) is 0 Å². The number of hydrogen-bond donors (Lipinski definition) is 2. The maximum Gasteiger partial charge on any atom is 0.317 e. The molecule has 1 aliphatic rings. The maximum atomic E-state index is 11.7. The molecule has 0 aromatic rings. The third-order valence-corrected chi connectivity index (χ3v) is 3.50. The van der Waals surface area contributed by atoms with Gasteiger partial charge in [0.2, 0.25) is 0 Å². The van der Waals surface area contributed by atoms with Gasteiger partial charge < -0.3 is 25.0 Å². The number of carbonyl (C=O) groups excluding carboxylic acids is 1. The van der Waals surface area contributed by atoms with Crippen LogP contribution in [0, 0.1) is 11.8 Å². The fourth-order valence-electron chi connectivity index (χ4n) is 1.89. The Labute approximate surface area is 119 Å². The first-order valence-electron chi connectivity index (χ1n) is 6.90. The molecule has 20 heavy (non-hydrogen) atoms. The number of carboxylic acids is 1. The molecule has 1 saturated heterocycles. The van der Waals surface area contributed by atoms with E-state index in [9.17, 15) is 9.59 Å². The number of nitrogens with one attached hydrogen (secondary N) is 1. The molecule has 0 aromatic heterocycles. The third kappa shape index (κ3) is 5.34. The van der Waals surface area contributed by atoms with Crippen molar-refractivity contribution in [3.05, 3.63) is 0 Å². The monoisotopic (exact) mass is 287 g/mol. The van der Waals surface area contributed by atoms with Crippen LogP contribution >= 0.6 is 0 Å². The predicted molar refractivity (Wildman–Crippen MR) is 74.6 cm³/mol. The Kier molecular flexibility index (Phi) is 6.74. The molecule has 0 aromatic carbocycles. The number of likely N-dealkylation sites (tertiary alicyclic amines) is 1. The zero-order valence-electron chi connectivity index (χ0n) is 12.5. The van der Waals surface area contributed by atoms with Gasteiger partial charge in [-0.25, -0.2) is 4.79 Å². The van der Waals surface area contributed by atoms with E-state index in [1.165, 1.54) is 0 Å². The van der Waals surface area contributed by atoms with Crippen molar-refractivity contribution in [2.45, 2.75) is 6.92 Å². The zero-order valence-corrected chi connectivity index (χ0v) is 12.5. The summed E-state index contributed by atoms with van der Waals surface area (Å²) in [5.74, 6) is -1.13. The highest BCUT2D eigenvalue weighted by molar-refractivity contribution is 5.76. The molecule has 1 aliphatic heterocycles. The highest BCUT2D eigenvalue weighted by atomic mass is 16.5. The summed E-state index contributed by atoms with van der Waals surface area (Å²) < 4.78 is 5.36. The van der Waals surface area contributed by atoms with Gasteiger partial charge in [-0.05, 0) is 14.1 Å². The number of ether oxygens (including phenoxy) is 1. The second-order valence-corrected chi connectivity index (χ2v) is 5.44. The molecule has 0 bridgehead atoms. The lowest BCUT2D eigenvalue weighted by molar-refractivity contribution is -0.144. The van der Waals surface area contributed by atoms with Crippen LogP contribution in [0.1, 0.15) is 6.92 Å². The maximum absolute atomic E-state index is 11.7. The normalized spacial score (nSPS) is 16.9. The fraction of sp³-hybridized carbons (Fsp3) is 0.846. The third-order valence-electron chi connectivity index (χ3n) is 3.50. The lowest BCUT2D eigenvalue weighted by Gasteiger charge is -2.41. The molecule has 0 spiro atoms. The number of rotatable bonds is 8. The Balaban J connectivity index is 2.04. The molecule has 2 amide bonds. The van der Waals surface area contributed by atoms with Crippen LogP contribution in [0.2, 0.25) is 0 Å². The van der Waals surface area contributed by atoms with E-state index in [0.717, 1.165) is 6.54 Å². The summed E-state index contributed by atoms with van der Waals surface area (Å²) in [6.45, 7) is 5.17. The molecule has 7 heteroatoms. The van der Waals surface area contributed by atoms with E-state index in [-0.39, 0.29) is 11.9 Å². The van der Waals surface area contributed by atoms with E-state index in [1.807, 2.05) is 19.0 Å². The summed E-state index contributed by atoms with van der Waals surface area (Å²) in [7, 11) is 3.95. The first-order chi connectivity index (χ1) is 9.41. The number of carboxylic acid groups (broad SMARTS) is 1. The molecule has 7 nitrogen and oxygen atoms in total. The lowest BCUT2D eigenvalue weighted by Crippen LogP contribution is -2.56. The van der Waals surface area contributed by atoms with E-state index in [2.05, 4.69) is 5.32 Å². The van der Waals surface area contributed by atoms with Crippen LogP contribution in [0.15, 0.2) is 0 Å². The first-order valence-corrected chi connectivity index (χ1v) is 6.90. The number of likely N-dealkylation sites (N-methyl/N-ethyl adjacent to an activating group) is 1. The SMILES string of the molecule is CC(C(=O)O)C1CN(C(=O)NCCOCCN(C)C)C1. The number of hydrogen-bond acceptors (Lipinski definition) is 4. The Morgan fingerprint density at radius 3 is 2.60 bits per heavy atom. The van der Waals surface area contributed by atoms with Crippen LogP contribution in [0.5, 0.6) is 0 Å². The van der Waals surface area contributed by atoms with Gasteiger partial charge in [-0.3, -0.25) is 4.79 Å². The van der Waals surface area contributed by atoms with E-state index in [4.69, 9.17) is 9.84 Å². The molecule has 116 valence electrons. The van der Waals surface area contributed by atoms with Gasteiger partial charge in [0.05, 0.1) is 19.1 Å².